The van der Waals surface area contributed by atoms with Crippen LogP contribution in [-0.4, -0.2) is 50.7 Å². The highest BCUT2D eigenvalue weighted by Crippen LogP contribution is 2.01. The van der Waals surface area contributed by atoms with Gasteiger partial charge >= 0.3 is 0 Å². The molecule has 2 N–H and O–H groups in total. The van der Waals surface area contributed by atoms with Crippen LogP contribution in [0.4, 0.5) is 0 Å². The van der Waals surface area contributed by atoms with Gasteiger partial charge in [0.1, 0.15) is 0 Å². The first-order valence-electron chi connectivity index (χ1n) is 6.55. The molecule has 0 fully saturated rings. The van der Waals surface area contributed by atoms with Crippen molar-refractivity contribution >= 4 is 0 Å². The molecule has 98 valence electrons. The van der Waals surface area contributed by atoms with E-state index in [1.165, 1.54) is 6.42 Å². The van der Waals surface area contributed by atoms with Crippen LogP contribution in [0, 0.1) is 5.92 Å². The standard InChI is InChI=1S/C13H31N3/c1-11(2)13(15-12(3)4)10-14-8-7-9-16(5)6/h11-15H,7-10H2,1-6H3/t13-/m0/s1. The van der Waals surface area contributed by atoms with Gasteiger partial charge in [-0.25, -0.2) is 0 Å². The topological polar surface area (TPSA) is 27.3 Å². The van der Waals surface area contributed by atoms with Crippen LogP contribution < -0.4 is 10.6 Å². The molecular formula is C13H31N3. The van der Waals surface area contributed by atoms with Crippen molar-refractivity contribution < 1.29 is 0 Å². The smallest absolute Gasteiger partial charge is 0.0217 e. The quantitative estimate of drug-likeness (QED) is 0.588. The minimum atomic E-state index is 0.566. The summed E-state index contributed by atoms with van der Waals surface area (Å²) in [6.45, 7) is 12.3. The average molecular weight is 229 g/mol. The lowest BCUT2D eigenvalue weighted by molar-refractivity contribution is 0.345. The predicted octanol–water partition coefficient (Wildman–Crippen LogP) is 1.55. The number of nitrogens with one attached hydrogen (secondary N) is 2. The molecule has 0 saturated carbocycles. The minimum absolute atomic E-state index is 0.566. The molecule has 3 nitrogen and oxygen atoms in total. The molecule has 0 aromatic heterocycles. The zero-order chi connectivity index (χ0) is 12.6. The zero-order valence-electron chi connectivity index (χ0n) is 12.0. The Kier molecular flexibility index (Phi) is 8.90. The second-order valence-electron chi connectivity index (χ2n) is 5.53. The Morgan fingerprint density at radius 1 is 1.06 bits per heavy atom. The molecule has 3 heteroatoms. The highest BCUT2D eigenvalue weighted by Gasteiger charge is 2.12. The van der Waals surface area contributed by atoms with Crippen LogP contribution >= 0.6 is 0 Å². The molecule has 1 atom stereocenters. The van der Waals surface area contributed by atoms with E-state index in [1.54, 1.807) is 0 Å². The molecule has 16 heavy (non-hydrogen) atoms. The summed E-state index contributed by atoms with van der Waals surface area (Å²) in [6.07, 6.45) is 1.22. The zero-order valence-corrected chi connectivity index (χ0v) is 12.0. The van der Waals surface area contributed by atoms with E-state index in [9.17, 15) is 0 Å². The van der Waals surface area contributed by atoms with Gasteiger partial charge in [-0.3, -0.25) is 0 Å². The number of rotatable bonds is 9. The molecular weight excluding hydrogens is 198 g/mol. The van der Waals surface area contributed by atoms with Gasteiger partial charge in [-0.2, -0.15) is 0 Å². The van der Waals surface area contributed by atoms with Gasteiger partial charge in [0, 0.05) is 18.6 Å². The highest BCUT2D eigenvalue weighted by atomic mass is 15.1. The fourth-order valence-electron chi connectivity index (χ4n) is 1.69. The lowest BCUT2D eigenvalue weighted by Crippen LogP contribution is -2.45. The first-order valence-corrected chi connectivity index (χ1v) is 6.55. The minimum Gasteiger partial charge on any atom is -0.315 e. The summed E-state index contributed by atoms with van der Waals surface area (Å²) in [5.74, 6) is 0.684. The Morgan fingerprint density at radius 3 is 2.12 bits per heavy atom. The Labute approximate surface area is 102 Å². The van der Waals surface area contributed by atoms with E-state index in [4.69, 9.17) is 0 Å². The third-order valence-corrected chi connectivity index (χ3v) is 2.68. The fourth-order valence-corrected chi connectivity index (χ4v) is 1.69. The lowest BCUT2D eigenvalue weighted by Gasteiger charge is -2.25. The van der Waals surface area contributed by atoms with Crippen molar-refractivity contribution in [2.45, 2.75) is 46.2 Å². The van der Waals surface area contributed by atoms with Gasteiger partial charge in [0.25, 0.3) is 0 Å². The van der Waals surface area contributed by atoms with Crippen LogP contribution in [0.15, 0.2) is 0 Å². The first-order chi connectivity index (χ1) is 7.43. The monoisotopic (exact) mass is 229 g/mol. The van der Waals surface area contributed by atoms with Crippen molar-refractivity contribution in [2.75, 3.05) is 33.7 Å². The Morgan fingerprint density at radius 2 is 1.69 bits per heavy atom. The summed E-state index contributed by atoms with van der Waals surface area (Å²) in [5.41, 5.74) is 0. The lowest BCUT2D eigenvalue weighted by atomic mass is 10.0. The molecule has 0 aromatic carbocycles. The maximum absolute atomic E-state index is 3.61. The van der Waals surface area contributed by atoms with Gasteiger partial charge in [0.05, 0.1) is 0 Å². The summed E-state index contributed by atoms with van der Waals surface area (Å²) in [7, 11) is 4.24. The molecule has 0 bridgehead atoms. The molecule has 0 aliphatic carbocycles. The van der Waals surface area contributed by atoms with E-state index in [1.807, 2.05) is 0 Å². The molecule has 0 aliphatic heterocycles. The SMILES string of the molecule is CC(C)N[C@@H](CNCCCN(C)C)C(C)C. The van der Waals surface area contributed by atoms with Crippen LogP contribution in [-0.2, 0) is 0 Å². The molecule has 0 aliphatic rings. The van der Waals surface area contributed by atoms with E-state index >= 15 is 0 Å². The first kappa shape index (κ1) is 15.9. The van der Waals surface area contributed by atoms with Crippen molar-refractivity contribution in [1.82, 2.24) is 15.5 Å². The van der Waals surface area contributed by atoms with Gasteiger partial charge in [-0.15, -0.1) is 0 Å². The van der Waals surface area contributed by atoms with Gasteiger partial charge in [0.2, 0.25) is 0 Å². The molecule has 0 heterocycles. The Hall–Kier alpha value is -0.120. The fraction of sp³-hybridized carbons (Fsp3) is 1.00. The molecule has 0 aromatic rings. The van der Waals surface area contributed by atoms with Crippen molar-refractivity contribution in [3.8, 4) is 0 Å². The Bertz CT molecular complexity index is 155. The van der Waals surface area contributed by atoms with Crippen LogP contribution in [0.3, 0.4) is 0 Å². The van der Waals surface area contributed by atoms with Crippen molar-refractivity contribution in [1.29, 1.82) is 0 Å². The van der Waals surface area contributed by atoms with Crippen molar-refractivity contribution in [2.24, 2.45) is 5.92 Å². The largest absolute Gasteiger partial charge is 0.315 e. The highest BCUT2D eigenvalue weighted by molar-refractivity contribution is 4.75. The normalized spacial score (nSPS) is 14.1. The molecule has 0 spiro atoms. The molecule has 0 radical (unpaired) electrons. The van der Waals surface area contributed by atoms with Crippen LogP contribution in [0.1, 0.15) is 34.1 Å². The average Bonchev–Trinajstić information content (AvgIpc) is 2.14. The van der Waals surface area contributed by atoms with Crippen molar-refractivity contribution in [3.63, 3.8) is 0 Å². The molecule has 0 rings (SSSR count). The van der Waals surface area contributed by atoms with E-state index in [0.29, 0.717) is 18.0 Å². The summed E-state index contributed by atoms with van der Waals surface area (Å²) in [5, 5.41) is 7.14. The van der Waals surface area contributed by atoms with E-state index < -0.39 is 0 Å². The number of nitrogens with zero attached hydrogens (tertiary/aromatic N) is 1. The maximum atomic E-state index is 3.61. The maximum Gasteiger partial charge on any atom is 0.0217 e. The van der Waals surface area contributed by atoms with Crippen molar-refractivity contribution in [3.05, 3.63) is 0 Å². The van der Waals surface area contributed by atoms with E-state index in [2.05, 4.69) is 57.3 Å². The van der Waals surface area contributed by atoms with Gasteiger partial charge in [0.15, 0.2) is 0 Å². The molecule has 0 saturated heterocycles. The van der Waals surface area contributed by atoms with Gasteiger partial charge in [-0.1, -0.05) is 27.7 Å². The second kappa shape index (κ2) is 8.97. The summed E-state index contributed by atoms with van der Waals surface area (Å²) < 4.78 is 0. The van der Waals surface area contributed by atoms with Crippen LogP contribution in [0.25, 0.3) is 0 Å². The van der Waals surface area contributed by atoms with Gasteiger partial charge < -0.3 is 15.5 Å². The summed E-state index contributed by atoms with van der Waals surface area (Å²) in [4.78, 5) is 2.23. The number of hydrogen-bond donors (Lipinski definition) is 2. The van der Waals surface area contributed by atoms with Crippen LogP contribution in [0.5, 0.6) is 0 Å². The Balaban J connectivity index is 3.60. The summed E-state index contributed by atoms with van der Waals surface area (Å²) >= 11 is 0. The molecule has 0 unspecified atom stereocenters. The van der Waals surface area contributed by atoms with E-state index in [-0.39, 0.29) is 0 Å². The second-order valence-corrected chi connectivity index (χ2v) is 5.53. The van der Waals surface area contributed by atoms with Gasteiger partial charge in [-0.05, 0) is 39.5 Å². The van der Waals surface area contributed by atoms with Crippen LogP contribution in [0.2, 0.25) is 0 Å². The molecule has 0 amide bonds. The third kappa shape index (κ3) is 9.13. The number of hydrogen-bond acceptors (Lipinski definition) is 3. The predicted molar refractivity (Wildman–Crippen MR) is 72.9 cm³/mol. The summed E-state index contributed by atoms with van der Waals surface area (Å²) in [6, 6.07) is 1.15. The third-order valence-electron chi connectivity index (χ3n) is 2.68. The van der Waals surface area contributed by atoms with E-state index in [0.717, 1.165) is 19.6 Å².